The first-order valence-corrected chi connectivity index (χ1v) is 9.64. The van der Waals surface area contributed by atoms with Crippen LogP contribution in [-0.2, 0) is 10.5 Å². The third kappa shape index (κ3) is 6.78. The van der Waals surface area contributed by atoms with E-state index in [1.165, 1.54) is 30.3 Å². The molecule has 0 fully saturated rings. The predicted octanol–water partition coefficient (Wildman–Crippen LogP) is 3.65. The van der Waals surface area contributed by atoms with Crippen LogP contribution in [0.4, 0.5) is 36.4 Å². The Labute approximate surface area is 200 Å². The number of aliphatic carboxylic acids is 1. The number of alkyl halides is 6. The average Bonchev–Trinajstić information content (AvgIpc) is 3.14. The van der Waals surface area contributed by atoms with E-state index in [1.54, 1.807) is 0 Å². The molecule has 2 heterocycles. The molecule has 1 atom stereocenters. The van der Waals surface area contributed by atoms with Crippen molar-refractivity contribution in [3.63, 3.8) is 0 Å². The van der Waals surface area contributed by atoms with Crippen molar-refractivity contribution in [2.24, 2.45) is 10.7 Å². The lowest BCUT2D eigenvalue weighted by Gasteiger charge is -2.33. The monoisotopic (exact) mass is 537 g/mol. The minimum absolute atomic E-state index is 0.0242. The number of halogens is 7. The van der Waals surface area contributed by atoms with E-state index in [0.717, 1.165) is 18.3 Å². The number of guanidine groups is 1. The van der Waals surface area contributed by atoms with E-state index < -0.39 is 41.5 Å². The number of H-pyrrole nitrogens is 1. The summed E-state index contributed by atoms with van der Waals surface area (Å²) in [6, 6.07) is 9.35. The fourth-order valence-corrected chi connectivity index (χ4v) is 2.88. The van der Waals surface area contributed by atoms with E-state index in [0.29, 0.717) is 5.52 Å². The van der Waals surface area contributed by atoms with Gasteiger partial charge in [0.2, 0.25) is 5.96 Å². The molecule has 1 unspecified atom stereocenters. The van der Waals surface area contributed by atoms with Gasteiger partial charge < -0.3 is 24.9 Å². The van der Waals surface area contributed by atoms with Gasteiger partial charge >= 0.3 is 24.3 Å². The summed E-state index contributed by atoms with van der Waals surface area (Å²) in [4.78, 5) is 26.5. The zero-order valence-corrected chi connectivity index (χ0v) is 17.9. The van der Waals surface area contributed by atoms with Crippen molar-refractivity contribution in [2.45, 2.75) is 18.2 Å². The highest BCUT2D eigenvalue weighted by molar-refractivity contribution is 5.95. The van der Waals surface area contributed by atoms with Crippen LogP contribution in [0.2, 0.25) is 0 Å². The normalized spacial score (nSPS) is 17.6. The molecule has 1 aliphatic rings. The topological polar surface area (TPSA) is 155 Å². The number of carboxylic acids is 1. The van der Waals surface area contributed by atoms with E-state index in [1.807, 2.05) is 0 Å². The standard InChI is InChI=1S/C18H13F4N5O3.C2HF3O2/c19-14-8-24-15(25-10-2-1-3-11(7-10)30-18(20,21)22)27-17(14,23)9-4-5-13-12(6-9)26-16(28)29-13;3-2(4,5)1(6)7/h1-8H,23H2,(H,26,28)(H2,24,25,27);(H,6,7). The number of carboxylic acid groups (broad SMARTS) is 1. The number of oxazole rings is 1. The van der Waals surface area contributed by atoms with E-state index in [4.69, 9.17) is 20.1 Å². The van der Waals surface area contributed by atoms with Gasteiger partial charge in [-0.2, -0.15) is 13.2 Å². The number of fused-ring (bicyclic) bond motifs is 1. The van der Waals surface area contributed by atoms with E-state index in [2.05, 4.69) is 25.3 Å². The second kappa shape index (κ2) is 9.84. The number of hydrogen-bond donors (Lipinski definition) is 5. The Morgan fingerprint density at radius 2 is 1.81 bits per heavy atom. The third-order valence-electron chi connectivity index (χ3n) is 4.45. The highest BCUT2D eigenvalue weighted by Gasteiger charge is 2.38. The molecule has 0 spiro atoms. The number of aromatic amines is 1. The van der Waals surface area contributed by atoms with Crippen LogP contribution < -0.4 is 26.9 Å². The molecule has 6 N–H and O–H groups in total. The summed E-state index contributed by atoms with van der Waals surface area (Å²) in [5, 5.41) is 12.5. The van der Waals surface area contributed by atoms with Gasteiger partial charge in [-0.15, -0.1) is 13.2 Å². The van der Waals surface area contributed by atoms with Crippen LogP contribution >= 0.6 is 0 Å². The Balaban J connectivity index is 0.000000479. The van der Waals surface area contributed by atoms with Crippen LogP contribution in [0.1, 0.15) is 5.56 Å². The number of rotatable bonds is 3. The summed E-state index contributed by atoms with van der Waals surface area (Å²) in [5.74, 6) is -4.73. The molecular formula is C20H14F7N5O5. The van der Waals surface area contributed by atoms with Gasteiger partial charge in [-0.05, 0) is 24.3 Å². The summed E-state index contributed by atoms with van der Waals surface area (Å²) in [6.45, 7) is 0. The van der Waals surface area contributed by atoms with Gasteiger partial charge in [-0.1, -0.05) is 12.1 Å². The van der Waals surface area contributed by atoms with Crippen molar-refractivity contribution in [1.29, 1.82) is 0 Å². The molecule has 2 aromatic carbocycles. The number of hydrogen-bond acceptors (Lipinski definition) is 8. The molecule has 3 aromatic rings. The second-order valence-electron chi connectivity index (χ2n) is 7.12. The minimum Gasteiger partial charge on any atom is -0.475 e. The molecule has 17 heteroatoms. The molecule has 198 valence electrons. The Morgan fingerprint density at radius 3 is 2.43 bits per heavy atom. The van der Waals surface area contributed by atoms with Crippen molar-refractivity contribution >= 4 is 28.7 Å². The number of nitrogens with one attached hydrogen (secondary N) is 3. The van der Waals surface area contributed by atoms with Crippen molar-refractivity contribution in [2.75, 3.05) is 5.32 Å². The minimum atomic E-state index is -5.08. The molecule has 1 aliphatic heterocycles. The third-order valence-corrected chi connectivity index (χ3v) is 4.45. The molecule has 4 rings (SSSR count). The Bertz CT molecular complexity index is 1430. The Morgan fingerprint density at radius 1 is 1.14 bits per heavy atom. The molecule has 0 amide bonds. The van der Waals surface area contributed by atoms with Crippen LogP contribution in [0.25, 0.3) is 11.1 Å². The molecule has 0 saturated heterocycles. The summed E-state index contributed by atoms with van der Waals surface area (Å²) >= 11 is 0. The van der Waals surface area contributed by atoms with Crippen LogP contribution in [0.15, 0.2) is 68.7 Å². The molecule has 37 heavy (non-hydrogen) atoms. The Kier molecular flexibility index (Phi) is 7.20. The number of anilines is 1. The second-order valence-corrected chi connectivity index (χ2v) is 7.12. The lowest BCUT2D eigenvalue weighted by Crippen LogP contribution is -2.56. The van der Waals surface area contributed by atoms with Gasteiger partial charge in [0, 0.05) is 17.3 Å². The molecule has 0 aliphatic carbocycles. The number of carbonyl (C=O) groups is 1. The van der Waals surface area contributed by atoms with Crippen molar-refractivity contribution in [3.8, 4) is 5.75 Å². The van der Waals surface area contributed by atoms with E-state index in [-0.39, 0.29) is 22.8 Å². The van der Waals surface area contributed by atoms with Crippen LogP contribution in [0, 0.1) is 0 Å². The number of aromatic nitrogens is 1. The maximum atomic E-state index is 14.6. The van der Waals surface area contributed by atoms with Gasteiger partial charge in [0.1, 0.15) is 5.75 Å². The fraction of sp³-hybridized carbons (Fsp3) is 0.150. The van der Waals surface area contributed by atoms with E-state index >= 15 is 0 Å². The zero-order chi connectivity index (χ0) is 27.6. The molecule has 1 aromatic heterocycles. The molecule has 0 saturated carbocycles. The number of ether oxygens (including phenoxy) is 1. The van der Waals surface area contributed by atoms with Crippen LogP contribution in [0.5, 0.6) is 5.75 Å². The first kappa shape index (κ1) is 27.1. The predicted molar refractivity (Wildman–Crippen MR) is 113 cm³/mol. The SMILES string of the molecule is NC1(c2ccc3oc(=O)[nH]c3c2)NC(Nc2cccc(OC(F)(F)F)c2)=NC=C1F.O=C(O)C(F)(F)F. The summed E-state index contributed by atoms with van der Waals surface area (Å²) in [7, 11) is 0. The van der Waals surface area contributed by atoms with Crippen molar-refractivity contribution < 1.29 is 49.8 Å². The van der Waals surface area contributed by atoms with Gasteiger partial charge in [0.25, 0.3) is 0 Å². The van der Waals surface area contributed by atoms with E-state index in [9.17, 15) is 35.5 Å². The van der Waals surface area contributed by atoms with Crippen molar-refractivity contribution in [3.05, 3.63) is 70.6 Å². The summed E-state index contributed by atoms with van der Waals surface area (Å²) < 4.78 is 92.3. The van der Waals surface area contributed by atoms with Gasteiger partial charge in [-0.25, -0.2) is 19.0 Å². The lowest BCUT2D eigenvalue weighted by atomic mass is 9.98. The smallest absolute Gasteiger partial charge is 0.475 e. The van der Waals surface area contributed by atoms with Gasteiger partial charge in [0.15, 0.2) is 17.1 Å². The lowest BCUT2D eigenvalue weighted by molar-refractivity contribution is -0.274. The highest BCUT2D eigenvalue weighted by atomic mass is 19.4. The van der Waals surface area contributed by atoms with Crippen LogP contribution in [-0.4, -0.2) is 34.6 Å². The number of nitrogens with two attached hydrogens (primary N) is 1. The molecular weight excluding hydrogens is 523 g/mol. The summed E-state index contributed by atoms with van der Waals surface area (Å²) in [6.07, 6.45) is -9.05. The fourth-order valence-electron chi connectivity index (χ4n) is 2.88. The van der Waals surface area contributed by atoms with Crippen molar-refractivity contribution in [1.82, 2.24) is 10.3 Å². The Hall–Kier alpha value is -4.54. The summed E-state index contributed by atoms with van der Waals surface area (Å²) in [5.41, 5.74) is 5.36. The maximum absolute atomic E-state index is 14.6. The zero-order valence-electron chi connectivity index (χ0n) is 17.9. The molecule has 10 nitrogen and oxygen atoms in total. The van der Waals surface area contributed by atoms with Gasteiger partial charge in [0.05, 0.1) is 11.7 Å². The largest absolute Gasteiger partial charge is 0.573 e. The quantitative estimate of drug-likeness (QED) is 0.317. The molecule has 0 radical (unpaired) electrons. The highest BCUT2D eigenvalue weighted by Crippen LogP contribution is 2.30. The number of aliphatic imine (C=N–C) groups is 1. The number of nitrogens with zero attached hydrogens (tertiary/aromatic N) is 1. The number of benzene rings is 2. The van der Waals surface area contributed by atoms with Crippen LogP contribution in [0.3, 0.4) is 0 Å². The first-order chi connectivity index (χ1) is 17.1. The average molecular weight is 537 g/mol. The molecule has 0 bridgehead atoms. The van der Waals surface area contributed by atoms with Gasteiger partial charge in [-0.3, -0.25) is 10.7 Å². The maximum Gasteiger partial charge on any atom is 0.573 e. The first-order valence-electron chi connectivity index (χ1n) is 9.64.